The Kier molecular flexibility index (Phi) is 5.80. The molecule has 0 saturated heterocycles. The smallest absolute Gasteiger partial charge is 0.259 e. The van der Waals surface area contributed by atoms with Gasteiger partial charge in [-0.15, -0.1) is 0 Å². The van der Waals surface area contributed by atoms with Crippen LogP contribution in [0.25, 0.3) is 0 Å². The molecule has 0 aliphatic carbocycles. The maximum absolute atomic E-state index is 12.6. The molecule has 0 bridgehead atoms. The Morgan fingerprint density at radius 2 is 1.87 bits per heavy atom. The molecule has 1 N–H and O–H groups in total. The van der Waals surface area contributed by atoms with Gasteiger partial charge in [0.1, 0.15) is 5.75 Å². The van der Waals surface area contributed by atoms with Gasteiger partial charge in [0.05, 0.1) is 12.2 Å². The number of carbonyl (C=O) groups is 1. The number of hydrogen-bond donors (Lipinski definition) is 1. The van der Waals surface area contributed by atoms with Crippen molar-refractivity contribution >= 4 is 11.6 Å². The van der Waals surface area contributed by atoms with E-state index in [1.54, 1.807) is 6.07 Å². The number of rotatable bonds is 6. The summed E-state index contributed by atoms with van der Waals surface area (Å²) in [7, 11) is 0. The van der Waals surface area contributed by atoms with E-state index < -0.39 is 0 Å². The summed E-state index contributed by atoms with van der Waals surface area (Å²) in [5, 5.41) is 2.99. The van der Waals surface area contributed by atoms with Gasteiger partial charge in [-0.1, -0.05) is 38.1 Å². The van der Waals surface area contributed by atoms with Gasteiger partial charge in [-0.2, -0.15) is 0 Å². The molecule has 0 unspecified atom stereocenters. The monoisotopic (exact) mass is 311 g/mol. The second-order valence-electron chi connectivity index (χ2n) is 6.30. The van der Waals surface area contributed by atoms with Gasteiger partial charge in [0.15, 0.2) is 0 Å². The van der Waals surface area contributed by atoms with Crippen LogP contribution >= 0.6 is 0 Å². The Labute approximate surface area is 138 Å². The summed E-state index contributed by atoms with van der Waals surface area (Å²) >= 11 is 0. The highest BCUT2D eigenvalue weighted by atomic mass is 16.5. The van der Waals surface area contributed by atoms with Crippen molar-refractivity contribution < 1.29 is 9.53 Å². The zero-order valence-electron chi connectivity index (χ0n) is 14.3. The molecule has 2 rings (SSSR count). The minimum absolute atomic E-state index is 0.140. The quantitative estimate of drug-likeness (QED) is 0.817. The molecule has 0 aromatic heterocycles. The van der Waals surface area contributed by atoms with Crippen LogP contribution in [-0.2, 0) is 0 Å². The van der Waals surface area contributed by atoms with Crippen molar-refractivity contribution in [1.82, 2.24) is 0 Å². The summed E-state index contributed by atoms with van der Waals surface area (Å²) in [6, 6.07) is 13.4. The van der Waals surface area contributed by atoms with Crippen LogP contribution < -0.4 is 10.1 Å². The summed E-state index contributed by atoms with van der Waals surface area (Å²) in [5.41, 5.74) is 3.57. The lowest BCUT2D eigenvalue weighted by molar-refractivity contribution is 0.102. The van der Waals surface area contributed by atoms with Crippen molar-refractivity contribution in [2.24, 2.45) is 5.92 Å². The topological polar surface area (TPSA) is 38.3 Å². The highest BCUT2D eigenvalue weighted by molar-refractivity contribution is 6.06. The minimum atomic E-state index is -0.140. The van der Waals surface area contributed by atoms with Crippen molar-refractivity contribution in [2.75, 3.05) is 11.9 Å². The minimum Gasteiger partial charge on any atom is -0.493 e. The van der Waals surface area contributed by atoms with Crippen LogP contribution in [0.1, 0.15) is 41.8 Å². The summed E-state index contributed by atoms with van der Waals surface area (Å²) < 4.78 is 5.80. The lowest BCUT2D eigenvalue weighted by Crippen LogP contribution is -2.15. The third-order valence-corrected chi connectivity index (χ3v) is 3.73. The Hall–Kier alpha value is -2.29. The Morgan fingerprint density at radius 1 is 1.13 bits per heavy atom. The van der Waals surface area contributed by atoms with Gasteiger partial charge >= 0.3 is 0 Å². The van der Waals surface area contributed by atoms with E-state index in [1.807, 2.05) is 50.2 Å². The van der Waals surface area contributed by atoms with Crippen molar-refractivity contribution in [2.45, 2.75) is 34.1 Å². The Bertz CT molecular complexity index is 677. The summed E-state index contributed by atoms with van der Waals surface area (Å²) in [6.07, 6.45) is 0.965. The van der Waals surface area contributed by atoms with E-state index in [-0.39, 0.29) is 5.91 Å². The van der Waals surface area contributed by atoms with E-state index in [9.17, 15) is 4.79 Å². The number of anilines is 1. The van der Waals surface area contributed by atoms with Gasteiger partial charge in [0, 0.05) is 5.69 Å². The van der Waals surface area contributed by atoms with Crippen LogP contribution in [0.3, 0.4) is 0 Å². The molecule has 2 aromatic carbocycles. The lowest BCUT2D eigenvalue weighted by Gasteiger charge is -2.14. The highest BCUT2D eigenvalue weighted by Crippen LogP contribution is 2.22. The Balaban J connectivity index is 2.14. The summed E-state index contributed by atoms with van der Waals surface area (Å²) in [5.74, 6) is 1.07. The Morgan fingerprint density at radius 3 is 2.61 bits per heavy atom. The van der Waals surface area contributed by atoms with Crippen molar-refractivity contribution in [3.05, 3.63) is 59.2 Å². The molecule has 0 saturated carbocycles. The molecule has 0 radical (unpaired) electrons. The fourth-order valence-electron chi connectivity index (χ4n) is 2.24. The van der Waals surface area contributed by atoms with Gasteiger partial charge < -0.3 is 10.1 Å². The second-order valence-corrected chi connectivity index (χ2v) is 6.30. The molecule has 0 aliphatic heterocycles. The molecule has 0 aliphatic rings. The van der Waals surface area contributed by atoms with Crippen molar-refractivity contribution in [1.29, 1.82) is 0 Å². The molecule has 2 aromatic rings. The van der Waals surface area contributed by atoms with Crippen LogP contribution in [0.4, 0.5) is 5.69 Å². The van der Waals surface area contributed by atoms with E-state index in [0.29, 0.717) is 23.8 Å². The average Bonchev–Trinajstić information content (AvgIpc) is 2.51. The molecule has 23 heavy (non-hydrogen) atoms. The number of nitrogens with one attached hydrogen (secondary N) is 1. The van der Waals surface area contributed by atoms with Crippen LogP contribution in [0.5, 0.6) is 5.75 Å². The van der Waals surface area contributed by atoms with Gasteiger partial charge in [0.25, 0.3) is 5.91 Å². The molecule has 0 atom stereocenters. The number of ether oxygens (including phenoxy) is 1. The van der Waals surface area contributed by atoms with E-state index >= 15 is 0 Å². The second kappa shape index (κ2) is 7.82. The normalized spacial score (nSPS) is 10.7. The maximum Gasteiger partial charge on any atom is 0.259 e. The highest BCUT2D eigenvalue weighted by Gasteiger charge is 2.13. The standard InChI is InChI=1S/C20H25NO2/c1-14(2)11-12-23-19-8-6-5-7-17(19)20(22)21-18-13-15(3)9-10-16(18)4/h5-10,13-14H,11-12H2,1-4H3,(H,21,22). The number of aryl methyl sites for hydroxylation is 2. The number of benzene rings is 2. The first-order chi connectivity index (χ1) is 11.0. The predicted octanol–water partition coefficient (Wildman–Crippen LogP) is 4.98. The lowest BCUT2D eigenvalue weighted by atomic mass is 10.1. The van der Waals surface area contributed by atoms with Crippen molar-refractivity contribution in [3.8, 4) is 5.75 Å². The molecule has 1 amide bonds. The third kappa shape index (κ3) is 4.85. The molecular weight excluding hydrogens is 286 g/mol. The van der Waals surface area contributed by atoms with Gasteiger partial charge in [0.2, 0.25) is 0 Å². The van der Waals surface area contributed by atoms with E-state index in [0.717, 1.165) is 23.2 Å². The number of carbonyl (C=O) groups excluding carboxylic acids is 1. The van der Waals surface area contributed by atoms with Gasteiger partial charge in [-0.3, -0.25) is 4.79 Å². The first kappa shape index (κ1) is 17.1. The summed E-state index contributed by atoms with van der Waals surface area (Å²) in [4.78, 5) is 12.6. The largest absolute Gasteiger partial charge is 0.493 e. The fraction of sp³-hybridized carbons (Fsp3) is 0.350. The van der Waals surface area contributed by atoms with E-state index in [2.05, 4.69) is 19.2 Å². The average molecular weight is 311 g/mol. The molecule has 122 valence electrons. The van der Waals surface area contributed by atoms with Crippen LogP contribution in [-0.4, -0.2) is 12.5 Å². The van der Waals surface area contributed by atoms with Crippen LogP contribution in [0, 0.1) is 19.8 Å². The van der Waals surface area contributed by atoms with Gasteiger partial charge in [-0.05, 0) is 55.5 Å². The van der Waals surface area contributed by atoms with Crippen molar-refractivity contribution in [3.63, 3.8) is 0 Å². The van der Waals surface area contributed by atoms with E-state index in [1.165, 1.54) is 0 Å². The molecule has 3 nitrogen and oxygen atoms in total. The first-order valence-electron chi connectivity index (χ1n) is 8.08. The summed E-state index contributed by atoms with van der Waals surface area (Å²) in [6.45, 7) is 8.93. The maximum atomic E-state index is 12.6. The number of para-hydroxylation sites is 1. The number of hydrogen-bond acceptors (Lipinski definition) is 2. The predicted molar refractivity (Wildman–Crippen MR) is 95.3 cm³/mol. The SMILES string of the molecule is Cc1ccc(C)c(NC(=O)c2ccccc2OCCC(C)C)c1. The molecule has 3 heteroatoms. The third-order valence-electron chi connectivity index (χ3n) is 3.73. The number of amides is 1. The molecule has 0 heterocycles. The molecule has 0 spiro atoms. The van der Waals surface area contributed by atoms with E-state index in [4.69, 9.17) is 4.74 Å². The fourth-order valence-corrected chi connectivity index (χ4v) is 2.24. The van der Waals surface area contributed by atoms with Crippen LogP contribution in [0.2, 0.25) is 0 Å². The molecular formula is C20H25NO2. The molecule has 0 fully saturated rings. The first-order valence-corrected chi connectivity index (χ1v) is 8.08. The van der Waals surface area contributed by atoms with Gasteiger partial charge in [-0.25, -0.2) is 0 Å². The van der Waals surface area contributed by atoms with Crippen LogP contribution in [0.15, 0.2) is 42.5 Å². The zero-order valence-corrected chi connectivity index (χ0v) is 14.3. The zero-order chi connectivity index (χ0) is 16.8.